The van der Waals surface area contributed by atoms with Crippen LogP contribution in [-0.2, 0) is 4.74 Å². The predicted octanol–water partition coefficient (Wildman–Crippen LogP) is 0.895. The molecule has 2 fully saturated rings. The fourth-order valence-corrected chi connectivity index (χ4v) is 2.75. The first-order chi connectivity index (χ1) is 6.78. The van der Waals surface area contributed by atoms with Crippen molar-refractivity contribution in [3.8, 4) is 0 Å². The molecule has 0 bridgehead atoms. The number of hydrogen-bond acceptors (Lipinski definition) is 3. The van der Waals surface area contributed by atoms with Gasteiger partial charge in [0.2, 0.25) is 0 Å². The van der Waals surface area contributed by atoms with E-state index in [9.17, 15) is 0 Å². The number of rotatable bonds is 4. The Morgan fingerprint density at radius 3 is 2.79 bits per heavy atom. The van der Waals surface area contributed by atoms with Gasteiger partial charge in [0.15, 0.2) is 0 Å². The van der Waals surface area contributed by atoms with Gasteiger partial charge in [-0.15, -0.1) is 0 Å². The van der Waals surface area contributed by atoms with Crippen molar-refractivity contribution in [2.24, 2.45) is 0 Å². The Morgan fingerprint density at radius 1 is 1.43 bits per heavy atom. The molecule has 2 rings (SSSR count). The Morgan fingerprint density at radius 2 is 2.21 bits per heavy atom. The van der Waals surface area contributed by atoms with Gasteiger partial charge in [-0.1, -0.05) is 6.42 Å². The molecule has 0 radical (unpaired) electrons. The van der Waals surface area contributed by atoms with E-state index in [0.29, 0.717) is 17.7 Å². The molecule has 1 heterocycles. The van der Waals surface area contributed by atoms with E-state index in [0.717, 1.165) is 6.61 Å². The van der Waals surface area contributed by atoms with E-state index in [2.05, 4.69) is 24.7 Å². The lowest BCUT2D eigenvalue weighted by Gasteiger charge is -2.40. The second-order valence-corrected chi connectivity index (χ2v) is 4.77. The molecule has 1 saturated heterocycles. The molecular weight excluding hydrogens is 176 g/mol. The predicted molar refractivity (Wildman–Crippen MR) is 57.5 cm³/mol. The third-order valence-electron chi connectivity index (χ3n) is 3.80. The van der Waals surface area contributed by atoms with E-state index in [1.54, 1.807) is 0 Å². The molecule has 1 saturated carbocycles. The highest BCUT2D eigenvalue weighted by atomic mass is 16.6. The van der Waals surface area contributed by atoms with Crippen LogP contribution in [0, 0.1) is 0 Å². The zero-order valence-electron chi connectivity index (χ0n) is 9.31. The minimum atomic E-state index is 0.340. The highest BCUT2D eigenvalue weighted by Crippen LogP contribution is 2.35. The van der Waals surface area contributed by atoms with Crippen molar-refractivity contribution in [1.82, 2.24) is 10.6 Å². The molecule has 0 aromatic rings. The van der Waals surface area contributed by atoms with Crippen LogP contribution in [0.1, 0.15) is 32.1 Å². The van der Waals surface area contributed by atoms with Crippen molar-refractivity contribution in [2.75, 3.05) is 20.7 Å². The van der Waals surface area contributed by atoms with E-state index in [-0.39, 0.29) is 0 Å². The Labute approximate surface area is 86.6 Å². The van der Waals surface area contributed by atoms with Gasteiger partial charge in [0, 0.05) is 11.6 Å². The molecule has 0 aromatic carbocycles. The lowest BCUT2D eigenvalue weighted by atomic mass is 9.76. The van der Waals surface area contributed by atoms with Crippen molar-refractivity contribution in [3.63, 3.8) is 0 Å². The van der Waals surface area contributed by atoms with E-state index in [4.69, 9.17) is 4.74 Å². The zero-order chi connectivity index (χ0) is 10.0. The summed E-state index contributed by atoms with van der Waals surface area (Å²) in [6.07, 6.45) is 6.95. The Bertz CT molecular complexity index is 194. The summed E-state index contributed by atoms with van der Waals surface area (Å²) in [5.74, 6) is 0. The Hall–Kier alpha value is -0.120. The molecule has 3 atom stereocenters. The van der Waals surface area contributed by atoms with Crippen LogP contribution in [0.15, 0.2) is 0 Å². The van der Waals surface area contributed by atoms with Crippen molar-refractivity contribution < 1.29 is 4.74 Å². The fourth-order valence-electron chi connectivity index (χ4n) is 2.75. The second kappa shape index (κ2) is 4.17. The second-order valence-electron chi connectivity index (χ2n) is 4.77. The van der Waals surface area contributed by atoms with Crippen molar-refractivity contribution in [3.05, 3.63) is 0 Å². The molecule has 2 N–H and O–H groups in total. The maximum Gasteiger partial charge on any atom is 0.0827 e. The molecule has 0 aromatic heterocycles. The van der Waals surface area contributed by atoms with Gasteiger partial charge in [0.05, 0.1) is 12.7 Å². The van der Waals surface area contributed by atoms with E-state index in [1.165, 1.54) is 32.1 Å². The lowest BCUT2D eigenvalue weighted by Crippen LogP contribution is -2.51. The van der Waals surface area contributed by atoms with Gasteiger partial charge >= 0.3 is 0 Å². The molecule has 3 heteroatoms. The average molecular weight is 198 g/mol. The van der Waals surface area contributed by atoms with Gasteiger partial charge in [-0.3, -0.25) is 0 Å². The topological polar surface area (TPSA) is 36.6 Å². The van der Waals surface area contributed by atoms with Gasteiger partial charge in [-0.2, -0.15) is 0 Å². The minimum Gasteiger partial charge on any atom is -0.373 e. The highest BCUT2D eigenvalue weighted by Gasteiger charge is 2.39. The first-order valence-corrected chi connectivity index (χ1v) is 5.76. The van der Waals surface area contributed by atoms with Gasteiger partial charge in [-0.05, 0) is 39.8 Å². The number of epoxide rings is 1. The third-order valence-corrected chi connectivity index (χ3v) is 3.80. The summed E-state index contributed by atoms with van der Waals surface area (Å²) in [6.45, 7) is 0.980. The molecule has 0 amide bonds. The van der Waals surface area contributed by atoms with Crippen LogP contribution in [0.4, 0.5) is 0 Å². The van der Waals surface area contributed by atoms with E-state index < -0.39 is 0 Å². The molecular formula is C11H22N2O. The highest BCUT2D eigenvalue weighted by molar-refractivity contribution is 4.98. The summed E-state index contributed by atoms with van der Waals surface area (Å²) in [4.78, 5) is 0. The molecule has 82 valence electrons. The Balaban J connectivity index is 1.94. The van der Waals surface area contributed by atoms with Crippen LogP contribution >= 0.6 is 0 Å². The SMILES string of the molecule is CNC1CCCC(CC2CO2)(NC)C1. The smallest absolute Gasteiger partial charge is 0.0827 e. The molecule has 14 heavy (non-hydrogen) atoms. The molecule has 1 aliphatic heterocycles. The molecule has 0 spiro atoms. The summed E-state index contributed by atoms with van der Waals surface area (Å²) < 4.78 is 5.35. The largest absolute Gasteiger partial charge is 0.373 e. The maximum atomic E-state index is 5.35. The van der Waals surface area contributed by atoms with Gasteiger partial charge in [0.25, 0.3) is 0 Å². The molecule has 1 aliphatic carbocycles. The molecule has 3 nitrogen and oxygen atoms in total. The molecule has 3 unspecified atom stereocenters. The number of nitrogens with one attached hydrogen (secondary N) is 2. The fraction of sp³-hybridized carbons (Fsp3) is 1.00. The van der Waals surface area contributed by atoms with Crippen molar-refractivity contribution >= 4 is 0 Å². The van der Waals surface area contributed by atoms with Gasteiger partial charge < -0.3 is 15.4 Å². The normalized spacial score (nSPS) is 42.4. The molecule has 2 aliphatic rings. The summed E-state index contributed by atoms with van der Waals surface area (Å²) in [5, 5.41) is 6.94. The van der Waals surface area contributed by atoms with Crippen LogP contribution in [0.3, 0.4) is 0 Å². The average Bonchev–Trinajstić information content (AvgIpc) is 3.02. The Kier molecular flexibility index (Phi) is 3.10. The summed E-state index contributed by atoms with van der Waals surface area (Å²) in [6, 6.07) is 0.690. The van der Waals surface area contributed by atoms with Crippen LogP contribution < -0.4 is 10.6 Å². The van der Waals surface area contributed by atoms with Crippen LogP contribution in [-0.4, -0.2) is 38.4 Å². The summed E-state index contributed by atoms with van der Waals surface area (Å²) in [7, 11) is 4.17. The first-order valence-electron chi connectivity index (χ1n) is 5.76. The lowest BCUT2D eigenvalue weighted by molar-refractivity contribution is 0.180. The van der Waals surface area contributed by atoms with Crippen molar-refractivity contribution in [2.45, 2.75) is 49.8 Å². The van der Waals surface area contributed by atoms with Crippen LogP contribution in [0.2, 0.25) is 0 Å². The van der Waals surface area contributed by atoms with Crippen LogP contribution in [0.5, 0.6) is 0 Å². The van der Waals surface area contributed by atoms with E-state index in [1.807, 2.05) is 0 Å². The third kappa shape index (κ3) is 2.27. The summed E-state index contributed by atoms with van der Waals surface area (Å²) >= 11 is 0. The maximum absolute atomic E-state index is 5.35. The monoisotopic (exact) mass is 198 g/mol. The number of hydrogen-bond donors (Lipinski definition) is 2. The first kappa shape index (κ1) is 10.4. The van der Waals surface area contributed by atoms with E-state index >= 15 is 0 Å². The van der Waals surface area contributed by atoms with Gasteiger partial charge in [-0.25, -0.2) is 0 Å². The standard InChI is InChI=1S/C11H22N2O/c1-12-9-4-3-5-11(6-9,13-2)7-10-8-14-10/h9-10,12-13H,3-8H2,1-2H3. The number of ether oxygens (including phenoxy) is 1. The minimum absolute atomic E-state index is 0.340. The van der Waals surface area contributed by atoms with Gasteiger partial charge in [0.1, 0.15) is 0 Å². The quantitative estimate of drug-likeness (QED) is 0.659. The zero-order valence-corrected chi connectivity index (χ0v) is 9.31. The summed E-state index contributed by atoms with van der Waals surface area (Å²) in [5.41, 5.74) is 0.340. The van der Waals surface area contributed by atoms with Crippen molar-refractivity contribution in [1.29, 1.82) is 0 Å². The van der Waals surface area contributed by atoms with Crippen LogP contribution in [0.25, 0.3) is 0 Å².